The zero-order valence-electron chi connectivity index (χ0n) is 11.7. The fourth-order valence-corrected chi connectivity index (χ4v) is 1.68. The summed E-state index contributed by atoms with van der Waals surface area (Å²) in [6, 6.07) is 7.15. The molecule has 0 bridgehead atoms. The third-order valence-electron chi connectivity index (χ3n) is 2.56. The molecule has 2 nitrogen and oxygen atoms in total. The smallest absolute Gasteiger partial charge is 0.00891 e. The van der Waals surface area contributed by atoms with Gasteiger partial charge in [0, 0.05) is 11.7 Å². The predicted molar refractivity (Wildman–Crippen MR) is 73.2 cm³/mol. The van der Waals surface area contributed by atoms with Crippen molar-refractivity contribution in [1.29, 1.82) is 0 Å². The quantitative estimate of drug-likeness (QED) is 0.603. The number of pyridine rings is 2. The van der Waals surface area contributed by atoms with Crippen LogP contribution in [0.15, 0.2) is 18.3 Å². The van der Waals surface area contributed by atoms with Crippen molar-refractivity contribution in [3.8, 4) is 0 Å². The molecule has 0 N–H and O–H groups in total. The SMILES string of the molecule is CC.CCc1[c-]cc2nccc(C(C)C)c2n1.[Es]. The number of nitrogens with zero attached hydrogens (tertiary/aromatic N) is 2. The number of aromatic nitrogens is 2. The van der Waals surface area contributed by atoms with Crippen molar-refractivity contribution in [2.24, 2.45) is 0 Å². The zero-order valence-corrected chi connectivity index (χ0v) is 14.2. The Kier molecular flexibility index (Phi) is 6.05. The van der Waals surface area contributed by atoms with Crippen molar-refractivity contribution in [1.82, 2.24) is 9.97 Å². The van der Waals surface area contributed by atoms with E-state index in [-0.39, 0.29) is 0 Å². The van der Waals surface area contributed by atoms with Crippen LogP contribution in [0.5, 0.6) is 0 Å². The first-order valence-corrected chi connectivity index (χ1v) is 6.38. The maximum Gasteiger partial charge on any atom is 0.00891 e. The number of hydrogen-bond donors (Lipinski definition) is 0. The van der Waals surface area contributed by atoms with Crippen LogP contribution in [-0.2, 0) is 6.42 Å². The van der Waals surface area contributed by atoms with Gasteiger partial charge in [0.1, 0.15) is 0 Å². The van der Waals surface area contributed by atoms with Gasteiger partial charge in [-0.3, -0.25) is 4.98 Å². The van der Waals surface area contributed by atoms with E-state index in [1.54, 1.807) is 0 Å². The van der Waals surface area contributed by atoms with E-state index < -0.39 is 0 Å². The first-order chi connectivity index (χ1) is 8.22. The minimum Gasteiger partial charge on any atom is -0.349 e. The third kappa shape index (κ3) is 3.03. The topological polar surface area (TPSA) is 25.8 Å². The van der Waals surface area contributed by atoms with E-state index in [0.29, 0.717) is 5.92 Å². The summed E-state index contributed by atoms with van der Waals surface area (Å²) in [7, 11) is 0. The zero-order chi connectivity index (χ0) is 12.8. The molecule has 103 valence electrons. The van der Waals surface area contributed by atoms with Crippen LogP contribution >= 0.6 is 0 Å². The second kappa shape index (κ2) is 7.00. The van der Waals surface area contributed by atoms with E-state index in [1.165, 1.54) is 5.56 Å². The van der Waals surface area contributed by atoms with Crippen molar-refractivity contribution in [2.75, 3.05) is 0 Å². The van der Waals surface area contributed by atoms with E-state index in [0.717, 1.165) is 23.1 Å². The molecule has 0 atom stereocenters. The molecule has 0 aliphatic rings. The number of fused-ring (bicyclic) bond motifs is 1. The summed E-state index contributed by atoms with van der Waals surface area (Å²) in [6.45, 7) is 10.5. The molecule has 1 radical (unpaired) electrons. The van der Waals surface area contributed by atoms with Crippen LogP contribution in [0.2, 0.25) is 0 Å². The molecule has 0 spiro atoms. The van der Waals surface area contributed by atoms with Crippen molar-refractivity contribution < 1.29 is 0 Å². The molecule has 0 unspecified atom stereocenters. The van der Waals surface area contributed by atoms with E-state index in [9.17, 15) is 0 Å². The summed E-state index contributed by atoms with van der Waals surface area (Å²) in [5.74, 6) is 0.482. The number of aryl methyl sites for hydroxylation is 1. The summed E-state index contributed by atoms with van der Waals surface area (Å²) in [4.78, 5) is 8.90. The summed E-state index contributed by atoms with van der Waals surface area (Å²) in [6.07, 6.45) is 2.77. The fraction of sp³-hybridized carbons (Fsp3) is 0.467. The Morgan fingerprint density at radius 1 is 1.28 bits per heavy atom. The Balaban J connectivity index is 0.000000917. The summed E-state index contributed by atoms with van der Waals surface area (Å²) in [5.41, 5.74) is 4.25. The molecular formula is C15H21EsN2-. The normalized spacial score (nSPS) is 9.67. The second-order valence-electron chi connectivity index (χ2n) is 3.99. The van der Waals surface area contributed by atoms with Crippen LogP contribution in [0, 0.1) is 6.07 Å². The van der Waals surface area contributed by atoms with Gasteiger partial charge in [-0.15, -0.1) is 0 Å². The van der Waals surface area contributed by atoms with Crippen molar-refractivity contribution in [3.05, 3.63) is 35.7 Å². The Hall–Kier alpha value is -2.44. The second-order valence-corrected chi connectivity index (χ2v) is 3.99. The van der Waals surface area contributed by atoms with E-state index >= 15 is 0 Å². The molecule has 0 aliphatic carbocycles. The van der Waals surface area contributed by atoms with Gasteiger partial charge in [0.05, 0.1) is 0 Å². The first kappa shape index (κ1) is 15.6. The van der Waals surface area contributed by atoms with E-state index in [2.05, 4.69) is 42.9 Å². The van der Waals surface area contributed by atoms with Crippen LogP contribution in [0.3, 0.4) is 0 Å². The van der Waals surface area contributed by atoms with Gasteiger partial charge in [-0.25, -0.2) is 12.1 Å². The predicted octanol–water partition coefficient (Wildman–Crippen LogP) is 4.14. The van der Waals surface area contributed by atoms with Crippen molar-refractivity contribution >= 4 is 11.0 Å². The molecule has 2 aromatic heterocycles. The standard InChI is InChI=1S/C13H15N2.C2H6.Es/c1-4-10-5-6-12-13(15-10)11(9(2)3)7-8-14-12;1-2;/h6-9H,4H2,1-3H3;1-2H3;/q-1;;. The minimum atomic E-state index is 0. The monoisotopic (exact) mass is 481 g/mol. The first-order valence-electron chi connectivity index (χ1n) is 6.38. The molecule has 2 heterocycles. The fourth-order valence-electron chi connectivity index (χ4n) is 1.68. The van der Waals surface area contributed by atoms with Gasteiger partial charge in [-0.05, 0) is 24.0 Å². The van der Waals surface area contributed by atoms with E-state index in [1.807, 2.05) is 26.1 Å². The third-order valence-corrected chi connectivity index (χ3v) is 2.56. The summed E-state index contributed by atoms with van der Waals surface area (Å²) in [5, 5.41) is 0. The Morgan fingerprint density at radius 2 is 1.94 bits per heavy atom. The molecule has 3 heteroatoms. The summed E-state index contributed by atoms with van der Waals surface area (Å²) < 4.78 is 0. The molecule has 0 saturated carbocycles. The van der Waals surface area contributed by atoms with Gasteiger partial charge in [-0.2, -0.15) is 0 Å². The van der Waals surface area contributed by atoms with Crippen LogP contribution in [0.25, 0.3) is 11.0 Å². The molecule has 2 aromatic rings. The molecule has 0 amide bonds. The van der Waals surface area contributed by atoms with Crippen LogP contribution in [-0.4, -0.2) is 9.97 Å². The average Bonchev–Trinajstić information content (AvgIpc) is 2.39. The minimum absolute atomic E-state index is 0. The molecule has 0 aliphatic heterocycles. The van der Waals surface area contributed by atoms with Crippen molar-refractivity contribution in [3.63, 3.8) is 0 Å². The number of hydrogen-bond acceptors (Lipinski definition) is 2. The number of rotatable bonds is 2. The largest absolute Gasteiger partial charge is 0.349 e. The van der Waals surface area contributed by atoms with Crippen LogP contribution in [0.4, 0.5) is 0 Å². The molecule has 0 saturated heterocycles. The Labute approximate surface area is 104 Å². The van der Waals surface area contributed by atoms with Gasteiger partial charge in [0.2, 0.25) is 0 Å². The molecule has 0 fully saturated rings. The van der Waals surface area contributed by atoms with E-state index in [4.69, 9.17) is 0 Å². The van der Waals surface area contributed by atoms with Crippen LogP contribution in [0.1, 0.15) is 51.8 Å². The Bertz CT molecular complexity index is 481. The Morgan fingerprint density at radius 3 is 2.50 bits per heavy atom. The summed E-state index contributed by atoms with van der Waals surface area (Å²) >= 11 is 0. The van der Waals surface area contributed by atoms with Gasteiger partial charge in [0.25, 0.3) is 0 Å². The molecule has 0 aromatic carbocycles. The molecular weight excluding hydrogens is 460 g/mol. The van der Waals surface area contributed by atoms with Gasteiger partial charge >= 0.3 is 0 Å². The maximum atomic E-state index is 4.60. The molecule has 2 rings (SSSR count). The average molecular weight is 481 g/mol. The van der Waals surface area contributed by atoms with Gasteiger partial charge in [0.15, 0.2) is 0 Å². The van der Waals surface area contributed by atoms with Gasteiger partial charge < -0.3 is 4.98 Å². The maximum absolute atomic E-state index is 4.60. The molecule has 18 heavy (non-hydrogen) atoms. The van der Waals surface area contributed by atoms with Crippen molar-refractivity contribution in [2.45, 2.75) is 47.0 Å². The van der Waals surface area contributed by atoms with Gasteiger partial charge in [-0.1, -0.05) is 45.8 Å². The van der Waals surface area contributed by atoms with Crippen LogP contribution < -0.4 is 0 Å².